The summed E-state index contributed by atoms with van der Waals surface area (Å²) < 4.78 is 0. The van der Waals surface area contributed by atoms with E-state index >= 15 is 0 Å². The number of nitrogens with zero attached hydrogens (tertiary/aromatic N) is 1. The molecule has 0 saturated carbocycles. The zero-order valence-corrected chi connectivity index (χ0v) is 12.7. The van der Waals surface area contributed by atoms with Gasteiger partial charge in [-0.2, -0.15) is 0 Å². The minimum absolute atomic E-state index is 0.209. The third-order valence-electron chi connectivity index (χ3n) is 3.91. The first-order valence-electron chi connectivity index (χ1n) is 7.54. The summed E-state index contributed by atoms with van der Waals surface area (Å²) in [6.07, 6.45) is 1.44. The Kier molecular flexibility index (Phi) is 3.35. The molecule has 0 bridgehead atoms. The number of carbonyl (C=O) groups excluding carboxylic acids is 1. The highest BCUT2D eigenvalue weighted by Gasteiger charge is 2.12. The van der Waals surface area contributed by atoms with Crippen LogP contribution in [-0.4, -0.2) is 20.9 Å². The molecule has 0 atom stereocenters. The van der Waals surface area contributed by atoms with Gasteiger partial charge in [-0.3, -0.25) is 9.59 Å². The van der Waals surface area contributed by atoms with Gasteiger partial charge in [0.05, 0.1) is 23.1 Å². The number of para-hydroxylation sites is 2. The predicted molar refractivity (Wildman–Crippen MR) is 91.8 cm³/mol. The zero-order chi connectivity index (χ0) is 16.5. The van der Waals surface area contributed by atoms with E-state index in [4.69, 9.17) is 0 Å². The van der Waals surface area contributed by atoms with E-state index in [1.807, 2.05) is 24.3 Å². The van der Waals surface area contributed by atoms with Gasteiger partial charge in [-0.1, -0.05) is 30.3 Å². The molecule has 2 aromatic carbocycles. The molecular formula is C18H14N4O2. The standard InChI is InChI=1S/C18H14N4O2/c23-17-12-6-2-1-5-11(12)13(9-19-17)18(24)20-10-16-21-14-7-3-4-8-15(14)22-16/h1-9H,10H2,(H,19,23)(H,20,24)(H,21,22). The second kappa shape index (κ2) is 5.66. The van der Waals surface area contributed by atoms with Gasteiger partial charge in [-0.15, -0.1) is 0 Å². The first kappa shape index (κ1) is 14.2. The van der Waals surface area contributed by atoms with Crippen LogP contribution >= 0.6 is 0 Å². The SMILES string of the molecule is O=C(NCc1nc2ccccc2[nH]1)c1c[nH]c(=O)c2ccccc12. The molecule has 0 aliphatic rings. The van der Waals surface area contributed by atoms with Crippen molar-refractivity contribution in [1.29, 1.82) is 0 Å². The number of carbonyl (C=O) groups is 1. The minimum Gasteiger partial charge on any atom is -0.345 e. The number of aromatic nitrogens is 3. The van der Waals surface area contributed by atoms with Gasteiger partial charge >= 0.3 is 0 Å². The van der Waals surface area contributed by atoms with Gasteiger partial charge in [0.2, 0.25) is 0 Å². The summed E-state index contributed by atoms with van der Waals surface area (Å²) in [6.45, 7) is 0.279. The van der Waals surface area contributed by atoms with Gasteiger partial charge in [-0.25, -0.2) is 4.98 Å². The van der Waals surface area contributed by atoms with E-state index in [2.05, 4.69) is 20.3 Å². The van der Waals surface area contributed by atoms with E-state index in [0.29, 0.717) is 22.2 Å². The number of hydrogen-bond acceptors (Lipinski definition) is 3. The predicted octanol–water partition coefficient (Wildman–Crippen LogP) is 2.33. The van der Waals surface area contributed by atoms with E-state index in [-0.39, 0.29) is 18.0 Å². The molecule has 6 nitrogen and oxygen atoms in total. The molecule has 2 aromatic heterocycles. The Bertz CT molecular complexity index is 1080. The van der Waals surface area contributed by atoms with Crippen LogP contribution < -0.4 is 10.9 Å². The molecule has 4 aromatic rings. The summed E-state index contributed by atoms with van der Waals surface area (Å²) in [6, 6.07) is 14.7. The van der Waals surface area contributed by atoms with Gasteiger partial charge in [0.15, 0.2) is 0 Å². The Morgan fingerprint density at radius 1 is 1.04 bits per heavy atom. The molecule has 0 radical (unpaired) electrons. The van der Waals surface area contributed by atoms with Crippen LogP contribution in [0.2, 0.25) is 0 Å². The number of hydrogen-bond donors (Lipinski definition) is 3. The Hall–Kier alpha value is -3.41. The summed E-state index contributed by atoms with van der Waals surface area (Å²) in [5.41, 5.74) is 2.01. The van der Waals surface area contributed by atoms with Crippen molar-refractivity contribution in [3.63, 3.8) is 0 Å². The second-order valence-corrected chi connectivity index (χ2v) is 5.46. The number of aromatic amines is 2. The average molecular weight is 318 g/mol. The number of imidazole rings is 1. The molecule has 4 rings (SSSR count). The highest BCUT2D eigenvalue weighted by Crippen LogP contribution is 2.14. The van der Waals surface area contributed by atoms with Crippen LogP contribution in [0.4, 0.5) is 0 Å². The zero-order valence-electron chi connectivity index (χ0n) is 12.7. The van der Waals surface area contributed by atoms with Crippen LogP contribution in [0, 0.1) is 0 Å². The number of nitrogens with one attached hydrogen (secondary N) is 3. The average Bonchev–Trinajstić information content (AvgIpc) is 3.03. The molecule has 0 saturated heterocycles. The van der Waals surface area contributed by atoms with Gasteiger partial charge in [0, 0.05) is 17.0 Å². The molecule has 0 aliphatic heterocycles. The molecule has 0 spiro atoms. The monoisotopic (exact) mass is 318 g/mol. The molecule has 0 fully saturated rings. The maximum atomic E-state index is 12.5. The lowest BCUT2D eigenvalue weighted by Crippen LogP contribution is -2.24. The fourth-order valence-electron chi connectivity index (χ4n) is 2.75. The third-order valence-corrected chi connectivity index (χ3v) is 3.91. The lowest BCUT2D eigenvalue weighted by Gasteiger charge is -2.06. The molecule has 118 valence electrons. The Labute approximate surface area is 136 Å². The number of H-pyrrole nitrogens is 2. The topological polar surface area (TPSA) is 90.6 Å². The largest absolute Gasteiger partial charge is 0.345 e. The van der Waals surface area contributed by atoms with E-state index in [0.717, 1.165) is 11.0 Å². The summed E-state index contributed by atoms with van der Waals surface area (Å²) in [5.74, 6) is 0.418. The normalized spacial score (nSPS) is 11.0. The van der Waals surface area contributed by atoms with Crippen molar-refractivity contribution in [1.82, 2.24) is 20.3 Å². The number of fused-ring (bicyclic) bond motifs is 2. The highest BCUT2D eigenvalue weighted by molar-refractivity contribution is 6.06. The van der Waals surface area contributed by atoms with Gasteiger partial charge < -0.3 is 15.3 Å². The van der Waals surface area contributed by atoms with Crippen LogP contribution in [0.5, 0.6) is 0 Å². The Morgan fingerprint density at radius 3 is 2.62 bits per heavy atom. The van der Waals surface area contributed by atoms with Crippen LogP contribution in [0.15, 0.2) is 59.5 Å². The molecule has 3 N–H and O–H groups in total. The van der Waals surface area contributed by atoms with E-state index in [1.165, 1.54) is 6.20 Å². The number of amides is 1. The Morgan fingerprint density at radius 2 is 1.79 bits per heavy atom. The first-order valence-corrected chi connectivity index (χ1v) is 7.54. The quantitative estimate of drug-likeness (QED) is 0.541. The Balaban J connectivity index is 1.60. The van der Waals surface area contributed by atoms with Gasteiger partial charge in [0.25, 0.3) is 11.5 Å². The van der Waals surface area contributed by atoms with Crippen molar-refractivity contribution in [3.05, 3.63) is 76.5 Å². The summed E-state index contributed by atoms with van der Waals surface area (Å²) in [7, 11) is 0. The van der Waals surface area contributed by atoms with E-state index < -0.39 is 0 Å². The maximum Gasteiger partial charge on any atom is 0.255 e. The van der Waals surface area contributed by atoms with Gasteiger partial charge in [0.1, 0.15) is 5.82 Å². The van der Waals surface area contributed by atoms with Crippen LogP contribution in [0.3, 0.4) is 0 Å². The lowest BCUT2D eigenvalue weighted by atomic mass is 10.1. The van der Waals surface area contributed by atoms with Gasteiger partial charge in [-0.05, 0) is 18.2 Å². The fourth-order valence-corrected chi connectivity index (χ4v) is 2.75. The first-order chi connectivity index (χ1) is 11.7. The molecule has 6 heteroatoms. The molecule has 2 heterocycles. The fraction of sp³-hybridized carbons (Fsp3) is 0.0556. The second-order valence-electron chi connectivity index (χ2n) is 5.46. The summed E-state index contributed by atoms with van der Waals surface area (Å²) in [4.78, 5) is 34.5. The summed E-state index contributed by atoms with van der Waals surface area (Å²) >= 11 is 0. The van der Waals surface area contributed by atoms with Crippen molar-refractivity contribution in [2.75, 3.05) is 0 Å². The molecule has 0 aliphatic carbocycles. The highest BCUT2D eigenvalue weighted by atomic mass is 16.1. The molecule has 0 unspecified atom stereocenters. The lowest BCUT2D eigenvalue weighted by molar-refractivity contribution is 0.0951. The van der Waals surface area contributed by atoms with Crippen LogP contribution in [0.1, 0.15) is 16.2 Å². The number of benzene rings is 2. The van der Waals surface area contributed by atoms with Crippen molar-refractivity contribution in [2.45, 2.75) is 6.54 Å². The number of rotatable bonds is 3. The van der Waals surface area contributed by atoms with Crippen LogP contribution in [0.25, 0.3) is 21.8 Å². The van der Waals surface area contributed by atoms with Crippen molar-refractivity contribution >= 4 is 27.7 Å². The number of pyridine rings is 1. The molecule has 24 heavy (non-hydrogen) atoms. The third kappa shape index (κ3) is 2.44. The smallest absolute Gasteiger partial charge is 0.255 e. The molecule has 1 amide bonds. The van der Waals surface area contributed by atoms with Crippen molar-refractivity contribution in [2.24, 2.45) is 0 Å². The van der Waals surface area contributed by atoms with Crippen molar-refractivity contribution < 1.29 is 4.79 Å². The maximum absolute atomic E-state index is 12.5. The van der Waals surface area contributed by atoms with Crippen molar-refractivity contribution in [3.8, 4) is 0 Å². The summed E-state index contributed by atoms with van der Waals surface area (Å²) in [5, 5.41) is 3.96. The minimum atomic E-state index is -0.261. The molecular weight excluding hydrogens is 304 g/mol. The van der Waals surface area contributed by atoms with E-state index in [1.54, 1.807) is 24.3 Å². The van der Waals surface area contributed by atoms with E-state index in [9.17, 15) is 9.59 Å². The van der Waals surface area contributed by atoms with Crippen LogP contribution in [-0.2, 0) is 6.54 Å².